The molecule has 1 heterocycles. The molecule has 0 saturated carbocycles. The Labute approximate surface area is 101 Å². The molecule has 1 aliphatic heterocycles. The Balaban J connectivity index is 2.74. The van der Waals surface area contributed by atoms with Gasteiger partial charge in [-0.3, -0.25) is 9.59 Å². The molecule has 0 spiro atoms. The average molecular weight is 257 g/mol. The Morgan fingerprint density at radius 2 is 1.89 bits per heavy atom. The molecule has 1 aromatic rings. The average Bonchev–Trinajstić information content (AvgIpc) is 2.33. The van der Waals surface area contributed by atoms with Crippen molar-refractivity contribution < 1.29 is 22.8 Å². The SMILES string of the molecule is CN1C(=O)C(C)(C(F)F)C(=O)c2c(F)cccc21. The number of halogens is 3. The molecule has 3 nitrogen and oxygen atoms in total. The zero-order valence-corrected chi connectivity index (χ0v) is 9.71. The highest BCUT2D eigenvalue weighted by molar-refractivity contribution is 6.24. The highest BCUT2D eigenvalue weighted by Gasteiger charge is 2.55. The van der Waals surface area contributed by atoms with Gasteiger partial charge in [0.1, 0.15) is 5.82 Å². The lowest BCUT2D eigenvalue weighted by Gasteiger charge is -2.36. The summed E-state index contributed by atoms with van der Waals surface area (Å²) in [4.78, 5) is 24.8. The fraction of sp³-hybridized carbons (Fsp3) is 0.333. The molecular formula is C12H10F3NO2. The molecule has 0 aromatic heterocycles. The van der Waals surface area contributed by atoms with Crippen molar-refractivity contribution in [3.05, 3.63) is 29.6 Å². The number of amides is 1. The number of hydrogen-bond donors (Lipinski definition) is 0. The molecule has 18 heavy (non-hydrogen) atoms. The number of alkyl halides is 2. The maximum absolute atomic E-state index is 13.6. The summed E-state index contributed by atoms with van der Waals surface area (Å²) < 4.78 is 39.7. The Morgan fingerprint density at radius 1 is 1.28 bits per heavy atom. The van der Waals surface area contributed by atoms with E-state index in [1.165, 1.54) is 19.2 Å². The van der Waals surface area contributed by atoms with Crippen molar-refractivity contribution in [1.29, 1.82) is 0 Å². The second kappa shape index (κ2) is 3.83. The zero-order valence-electron chi connectivity index (χ0n) is 9.71. The summed E-state index contributed by atoms with van der Waals surface area (Å²) in [7, 11) is 1.24. The Morgan fingerprint density at radius 3 is 2.44 bits per heavy atom. The van der Waals surface area contributed by atoms with Crippen LogP contribution < -0.4 is 4.90 Å². The lowest BCUT2D eigenvalue weighted by Crippen LogP contribution is -2.54. The lowest BCUT2D eigenvalue weighted by molar-refractivity contribution is -0.132. The van der Waals surface area contributed by atoms with E-state index in [9.17, 15) is 22.8 Å². The highest BCUT2D eigenvalue weighted by atomic mass is 19.3. The van der Waals surface area contributed by atoms with Gasteiger partial charge in [0.05, 0.1) is 11.3 Å². The van der Waals surface area contributed by atoms with E-state index in [4.69, 9.17) is 0 Å². The van der Waals surface area contributed by atoms with E-state index in [1.54, 1.807) is 0 Å². The predicted molar refractivity (Wildman–Crippen MR) is 58.3 cm³/mol. The van der Waals surface area contributed by atoms with E-state index in [-0.39, 0.29) is 5.69 Å². The summed E-state index contributed by atoms with van der Waals surface area (Å²) in [6.07, 6.45) is -3.19. The van der Waals surface area contributed by atoms with Gasteiger partial charge in [0, 0.05) is 7.05 Å². The van der Waals surface area contributed by atoms with E-state index >= 15 is 0 Å². The summed E-state index contributed by atoms with van der Waals surface area (Å²) in [6, 6.07) is 3.67. The van der Waals surface area contributed by atoms with Crippen molar-refractivity contribution in [1.82, 2.24) is 0 Å². The molecule has 2 rings (SSSR count). The van der Waals surface area contributed by atoms with Crippen LogP contribution in [-0.4, -0.2) is 25.2 Å². The van der Waals surface area contributed by atoms with Crippen LogP contribution in [0.4, 0.5) is 18.9 Å². The van der Waals surface area contributed by atoms with Crippen molar-refractivity contribution in [2.75, 3.05) is 11.9 Å². The van der Waals surface area contributed by atoms with Crippen LogP contribution in [0.2, 0.25) is 0 Å². The van der Waals surface area contributed by atoms with Crippen LogP contribution in [0.25, 0.3) is 0 Å². The second-order valence-electron chi connectivity index (χ2n) is 4.33. The quantitative estimate of drug-likeness (QED) is 0.724. The molecule has 0 aliphatic carbocycles. The van der Waals surface area contributed by atoms with E-state index < -0.39 is 34.9 Å². The number of carbonyl (C=O) groups is 2. The van der Waals surface area contributed by atoms with E-state index in [2.05, 4.69) is 0 Å². The maximum Gasteiger partial charge on any atom is 0.260 e. The van der Waals surface area contributed by atoms with Gasteiger partial charge in [-0.25, -0.2) is 13.2 Å². The predicted octanol–water partition coefficient (Wildman–Crippen LogP) is 2.26. The number of carbonyl (C=O) groups excluding carboxylic acids is 2. The molecule has 0 radical (unpaired) electrons. The third-order valence-corrected chi connectivity index (χ3v) is 3.24. The van der Waals surface area contributed by atoms with Gasteiger partial charge in [0.15, 0.2) is 11.2 Å². The summed E-state index contributed by atoms with van der Waals surface area (Å²) in [5, 5.41) is 0. The van der Waals surface area contributed by atoms with Crippen LogP contribution in [-0.2, 0) is 4.79 Å². The third-order valence-electron chi connectivity index (χ3n) is 3.24. The molecule has 6 heteroatoms. The van der Waals surface area contributed by atoms with Crippen molar-refractivity contribution in [3.8, 4) is 0 Å². The second-order valence-corrected chi connectivity index (χ2v) is 4.33. The number of hydrogen-bond acceptors (Lipinski definition) is 2. The molecule has 1 atom stereocenters. The molecule has 0 N–H and O–H groups in total. The van der Waals surface area contributed by atoms with Crippen molar-refractivity contribution in [3.63, 3.8) is 0 Å². The largest absolute Gasteiger partial charge is 0.314 e. The number of nitrogens with zero attached hydrogens (tertiary/aromatic N) is 1. The van der Waals surface area contributed by atoms with Crippen molar-refractivity contribution in [2.45, 2.75) is 13.3 Å². The number of anilines is 1. The Kier molecular flexibility index (Phi) is 2.68. The van der Waals surface area contributed by atoms with Crippen LogP contribution in [0, 0.1) is 11.2 Å². The van der Waals surface area contributed by atoms with Crippen LogP contribution >= 0.6 is 0 Å². The van der Waals surface area contributed by atoms with Crippen LogP contribution in [0.1, 0.15) is 17.3 Å². The molecule has 1 amide bonds. The minimum atomic E-state index is -3.19. The first kappa shape index (κ1) is 12.6. The third kappa shape index (κ3) is 1.38. The molecule has 0 saturated heterocycles. The van der Waals surface area contributed by atoms with Gasteiger partial charge < -0.3 is 4.90 Å². The number of ketones is 1. The van der Waals surface area contributed by atoms with Crippen LogP contribution in [0.3, 0.4) is 0 Å². The molecular weight excluding hydrogens is 247 g/mol. The van der Waals surface area contributed by atoms with Gasteiger partial charge >= 0.3 is 0 Å². The normalized spacial score (nSPS) is 23.6. The summed E-state index contributed by atoms with van der Waals surface area (Å²) in [5.41, 5.74) is -2.96. The Hall–Kier alpha value is -1.85. The van der Waals surface area contributed by atoms with Crippen molar-refractivity contribution >= 4 is 17.4 Å². The number of Topliss-reactive ketones (excluding diaryl/α,β-unsaturated/α-hetero) is 1. The first-order valence-electron chi connectivity index (χ1n) is 5.21. The first-order chi connectivity index (χ1) is 8.31. The fourth-order valence-corrected chi connectivity index (χ4v) is 2.02. The number of fused-ring (bicyclic) bond motifs is 1. The topological polar surface area (TPSA) is 37.4 Å². The highest BCUT2D eigenvalue weighted by Crippen LogP contribution is 2.41. The monoisotopic (exact) mass is 257 g/mol. The molecule has 96 valence electrons. The van der Waals surface area contributed by atoms with Gasteiger partial charge in [0.25, 0.3) is 6.43 Å². The smallest absolute Gasteiger partial charge is 0.260 e. The molecule has 1 aliphatic rings. The molecule has 1 aromatic carbocycles. The summed E-state index contributed by atoms with van der Waals surface area (Å²) >= 11 is 0. The van der Waals surface area contributed by atoms with Crippen molar-refractivity contribution in [2.24, 2.45) is 5.41 Å². The first-order valence-corrected chi connectivity index (χ1v) is 5.21. The van der Waals surface area contributed by atoms with Crippen LogP contribution in [0.5, 0.6) is 0 Å². The number of benzene rings is 1. The van der Waals surface area contributed by atoms with E-state index in [0.29, 0.717) is 0 Å². The minimum absolute atomic E-state index is 0.0168. The zero-order chi connectivity index (χ0) is 13.7. The maximum atomic E-state index is 13.6. The van der Waals surface area contributed by atoms with E-state index in [0.717, 1.165) is 17.9 Å². The summed E-state index contributed by atoms with van der Waals surface area (Å²) in [5.74, 6) is -3.10. The van der Waals surface area contributed by atoms with Gasteiger partial charge in [-0.05, 0) is 19.1 Å². The molecule has 0 fully saturated rings. The standard InChI is InChI=1S/C12H10F3NO2/c1-12(10(14)15)9(17)8-6(13)4-3-5-7(8)16(2)11(12)18/h3-5,10H,1-2H3. The molecule has 0 bridgehead atoms. The Bertz CT molecular complexity index is 544. The number of rotatable bonds is 1. The van der Waals surface area contributed by atoms with E-state index in [1.807, 2.05) is 0 Å². The van der Waals surface area contributed by atoms with Gasteiger partial charge in [-0.2, -0.15) is 0 Å². The van der Waals surface area contributed by atoms with Gasteiger partial charge in [0.2, 0.25) is 5.91 Å². The van der Waals surface area contributed by atoms with Gasteiger partial charge in [-0.15, -0.1) is 0 Å². The fourth-order valence-electron chi connectivity index (χ4n) is 2.02. The summed E-state index contributed by atoms with van der Waals surface area (Å²) in [6.45, 7) is 0.841. The minimum Gasteiger partial charge on any atom is -0.314 e. The van der Waals surface area contributed by atoms with Crippen LogP contribution in [0.15, 0.2) is 18.2 Å². The van der Waals surface area contributed by atoms with Gasteiger partial charge in [-0.1, -0.05) is 6.07 Å². The lowest BCUT2D eigenvalue weighted by atomic mass is 9.77. The molecule has 1 unspecified atom stereocenters.